The van der Waals surface area contributed by atoms with Gasteiger partial charge in [0, 0.05) is 28.2 Å². The molecule has 0 atom stereocenters. The predicted molar refractivity (Wildman–Crippen MR) is 80.1 cm³/mol. The van der Waals surface area contributed by atoms with E-state index in [1.165, 1.54) is 16.0 Å². The van der Waals surface area contributed by atoms with Gasteiger partial charge < -0.3 is 0 Å². The fourth-order valence-electron chi connectivity index (χ4n) is 1.96. The molecule has 1 aromatic carbocycles. The molecule has 2 aromatic rings. The molecule has 0 spiro atoms. The zero-order valence-corrected chi connectivity index (χ0v) is 12.5. The highest BCUT2D eigenvalue weighted by Crippen LogP contribution is 2.32. The van der Waals surface area contributed by atoms with Crippen molar-refractivity contribution >= 4 is 34.5 Å². The minimum atomic E-state index is -0.205. The highest BCUT2D eigenvalue weighted by atomic mass is 35.5. The summed E-state index contributed by atoms with van der Waals surface area (Å²) in [5.74, 6) is 1.02. The first kappa shape index (κ1) is 13.9. The van der Waals surface area contributed by atoms with E-state index in [1.807, 2.05) is 11.7 Å². The van der Waals surface area contributed by atoms with Crippen LogP contribution in [0.4, 0.5) is 0 Å². The van der Waals surface area contributed by atoms with Crippen molar-refractivity contribution in [1.29, 1.82) is 0 Å². The predicted octanol–water partition coefficient (Wildman–Crippen LogP) is 4.41. The van der Waals surface area contributed by atoms with Gasteiger partial charge >= 0.3 is 0 Å². The van der Waals surface area contributed by atoms with Crippen LogP contribution in [0.3, 0.4) is 0 Å². The van der Waals surface area contributed by atoms with Crippen LogP contribution in [-0.4, -0.2) is 16.7 Å². The Bertz CT molecular complexity index is 475. The molecule has 2 rings (SSSR count). The standard InChI is InChI=1S/C14H15Cl2NS/c1-11-2-4-12(5-3-11)14(8-15,9-16)6-13-7-17-10-18-13/h2-5,7,10H,6,8-9H2,1H3. The molecule has 1 aromatic heterocycles. The van der Waals surface area contributed by atoms with E-state index in [-0.39, 0.29) is 5.41 Å². The SMILES string of the molecule is Cc1ccc(C(CCl)(CCl)Cc2cncs2)cc1. The lowest BCUT2D eigenvalue weighted by atomic mass is 9.80. The van der Waals surface area contributed by atoms with E-state index in [2.05, 4.69) is 36.2 Å². The molecule has 0 saturated heterocycles. The summed E-state index contributed by atoms with van der Waals surface area (Å²) in [5, 5.41) is 0. The van der Waals surface area contributed by atoms with E-state index in [1.54, 1.807) is 11.3 Å². The molecule has 0 saturated carbocycles. The Hall–Kier alpha value is -0.570. The summed E-state index contributed by atoms with van der Waals surface area (Å²) in [5.41, 5.74) is 4.09. The second-order valence-corrected chi connectivity index (χ2v) is 6.06. The number of benzene rings is 1. The molecule has 0 aliphatic rings. The first-order chi connectivity index (χ1) is 8.70. The molecule has 0 radical (unpaired) electrons. The topological polar surface area (TPSA) is 12.9 Å². The van der Waals surface area contributed by atoms with Crippen molar-refractivity contribution in [2.45, 2.75) is 18.8 Å². The molecular formula is C14H15Cl2NS. The van der Waals surface area contributed by atoms with Crippen molar-refractivity contribution in [3.63, 3.8) is 0 Å². The van der Waals surface area contributed by atoms with Crippen LogP contribution in [-0.2, 0) is 11.8 Å². The number of aryl methyl sites for hydroxylation is 1. The number of nitrogens with zero attached hydrogens (tertiary/aromatic N) is 1. The highest BCUT2D eigenvalue weighted by molar-refractivity contribution is 7.09. The number of alkyl halides is 2. The van der Waals surface area contributed by atoms with Crippen LogP contribution in [0.25, 0.3) is 0 Å². The quantitative estimate of drug-likeness (QED) is 0.745. The van der Waals surface area contributed by atoms with Gasteiger partial charge in [0.05, 0.1) is 5.51 Å². The largest absolute Gasteiger partial charge is 0.253 e. The van der Waals surface area contributed by atoms with Gasteiger partial charge in [0.15, 0.2) is 0 Å². The van der Waals surface area contributed by atoms with Crippen LogP contribution in [0.15, 0.2) is 36.0 Å². The van der Waals surface area contributed by atoms with Crippen LogP contribution in [0.1, 0.15) is 16.0 Å². The van der Waals surface area contributed by atoms with Gasteiger partial charge in [-0.25, -0.2) is 0 Å². The smallest absolute Gasteiger partial charge is 0.0794 e. The molecule has 4 heteroatoms. The average molecular weight is 300 g/mol. The van der Waals surface area contributed by atoms with Gasteiger partial charge in [-0.3, -0.25) is 4.98 Å². The van der Waals surface area contributed by atoms with E-state index in [4.69, 9.17) is 23.2 Å². The van der Waals surface area contributed by atoms with E-state index in [0.29, 0.717) is 11.8 Å². The van der Waals surface area contributed by atoms with Crippen molar-refractivity contribution in [3.8, 4) is 0 Å². The third-order valence-corrected chi connectivity index (χ3v) is 4.97. The van der Waals surface area contributed by atoms with Crippen molar-refractivity contribution in [1.82, 2.24) is 4.98 Å². The Morgan fingerprint density at radius 1 is 1.17 bits per heavy atom. The van der Waals surface area contributed by atoms with E-state index in [9.17, 15) is 0 Å². The molecule has 0 bridgehead atoms. The molecule has 0 aliphatic carbocycles. The molecular weight excluding hydrogens is 285 g/mol. The maximum absolute atomic E-state index is 6.22. The minimum absolute atomic E-state index is 0.205. The zero-order chi connectivity index (χ0) is 13.0. The summed E-state index contributed by atoms with van der Waals surface area (Å²) in [4.78, 5) is 5.33. The maximum atomic E-state index is 6.22. The average Bonchev–Trinajstić information content (AvgIpc) is 2.90. The molecule has 0 amide bonds. The summed E-state index contributed by atoms with van der Waals surface area (Å²) in [6, 6.07) is 8.47. The molecule has 0 unspecified atom stereocenters. The second-order valence-electron chi connectivity index (χ2n) is 4.56. The Morgan fingerprint density at radius 2 is 1.83 bits per heavy atom. The Labute approximate surface area is 122 Å². The minimum Gasteiger partial charge on any atom is -0.253 e. The van der Waals surface area contributed by atoms with Gasteiger partial charge in [0.1, 0.15) is 0 Å². The number of halogens is 2. The van der Waals surface area contributed by atoms with Gasteiger partial charge in [-0.2, -0.15) is 0 Å². The molecule has 0 aliphatic heterocycles. The van der Waals surface area contributed by atoms with Crippen molar-refractivity contribution < 1.29 is 0 Å². The molecule has 1 heterocycles. The van der Waals surface area contributed by atoms with Gasteiger partial charge in [0.2, 0.25) is 0 Å². The number of aromatic nitrogens is 1. The summed E-state index contributed by atoms with van der Waals surface area (Å²) in [6.45, 7) is 2.08. The van der Waals surface area contributed by atoms with Crippen molar-refractivity contribution in [3.05, 3.63) is 52.0 Å². The number of hydrogen-bond acceptors (Lipinski definition) is 2. The summed E-state index contributed by atoms with van der Waals surface area (Å²) >= 11 is 14.1. The van der Waals surface area contributed by atoms with Crippen LogP contribution in [0, 0.1) is 6.92 Å². The van der Waals surface area contributed by atoms with Gasteiger partial charge in [-0.05, 0) is 18.9 Å². The van der Waals surface area contributed by atoms with E-state index in [0.717, 1.165) is 6.42 Å². The fourth-order valence-corrected chi connectivity index (χ4v) is 3.48. The summed E-state index contributed by atoms with van der Waals surface area (Å²) < 4.78 is 0. The molecule has 1 nitrogen and oxygen atoms in total. The van der Waals surface area contributed by atoms with Crippen LogP contribution < -0.4 is 0 Å². The Balaban J connectivity index is 2.33. The lowest BCUT2D eigenvalue weighted by Crippen LogP contribution is -2.33. The van der Waals surface area contributed by atoms with Crippen molar-refractivity contribution in [2.24, 2.45) is 0 Å². The zero-order valence-electron chi connectivity index (χ0n) is 10.2. The molecule has 0 N–H and O–H groups in total. The first-order valence-corrected chi connectivity index (χ1v) is 7.71. The van der Waals surface area contributed by atoms with E-state index < -0.39 is 0 Å². The second kappa shape index (κ2) is 6.05. The van der Waals surface area contributed by atoms with Crippen LogP contribution in [0.5, 0.6) is 0 Å². The molecule has 96 valence electrons. The Morgan fingerprint density at radius 3 is 2.33 bits per heavy atom. The number of thiazole rings is 1. The van der Waals surface area contributed by atoms with Gasteiger partial charge in [-0.15, -0.1) is 34.5 Å². The summed E-state index contributed by atoms with van der Waals surface area (Å²) in [6.07, 6.45) is 2.74. The molecule has 18 heavy (non-hydrogen) atoms. The van der Waals surface area contributed by atoms with Crippen LogP contribution in [0.2, 0.25) is 0 Å². The van der Waals surface area contributed by atoms with Crippen LogP contribution >= 0.6 is 34.5 Å². The normalized spacial score (nSPS) is 11.7. The van der Waals surface area contributed by atoms with Gasteiger partial charge in [-0.1, -0.05) is 29.8 Å². The Kier molecular flexibility index (Phi) is 4.66. The van der Waals surface area contributed by atoms with E-state index >= 15 is 0 Å². The third kappa shape index (κ3) is 2.87. The van der Waals surface area contributed by atoms with Gasteiger partial charge in [0.25, 0.3) is 0 Å². The fraction of sp³-hybridized carbons (Fsp3) is 0.357. The lowest BCUT2D eigenvalue weighted by molar-refractivity contribution is 0.540. The summed E-state index contributed by atoms with van der Waals surface area (Å²) in [7, 11) is 0. The number of rotatable bonds is 5. The monoisotopic (exact) mass is 299 g/mol. The maximum Gasteiger partial charge on any atom is 0.0794 e. The number of hydrogen-bond donors (Lipinski definition) is 0. The molecule has 0 fully saturated rings. The third-order valence-electron chi connectivity index (χ3n) is 3.17. The highest BCUT2D eigenvalue weighted by Gasteiger charge is 2.31. The lowest BCUT2D eigenvalue weighted by Gasteiger charge is -2.29. The van der Waals surface area contributed by atoms with Crippen molar-refractivity contribution in [2.75, 3.05) is 11.8 Å². The first-order valence-electron chi connectivity index (χ1n) is 5.77.